The number of amides is 1. The van der Waals surface area contributed by atoms with Gasteiger partial charge in [-0.2, -0.15) is 4.98 Å². The first-order valence-electron chi connectivity index (χ1n) is 11.6. The monoisotopic (exact) mass is 456 g/mol. The minimum Gasteiger partial charge on any atom is -0.497 e. The van der Waals surface area contributed by atoms with E-state index in [2.05, 4.69) is 20.6 Å². The predicted octanol–water partition coefficient (Wildman–Crippen LogP) is 4.32. The quantitative estimate of drug-likeness (QED) is 0.431. The highest BCUT2D eigenvalue weighted by atomic mass is 16.5. The number of aromatic nitrogens is 3. The summed E-state index contributed by atoms with van der Waals surface area (Å²) in [7, 11) is 1.66. The molecule has 0 spiro atoms. The molecule has 2 N–H and O–H groups in total. The maximum absolute atomic E-state index is 12.5. The standard InChI is InChI=1S/C26H28N6O2/c1-34-22-8-5-7-20(17-22)23-9-6-16-32-24(23)29-26(30-32)28-21-12-10-19(11-13-21)25(33)27-18-31-14-3-2-4-15-31/h5-13,16-17H,2-4,14-15,18H2,1H3,(H,27,33)(H,28,30). The zero-order chi connectivity index (χ0) is 23.3. The van der Waals surface area contributed by atoms with Gasteiger partial charge >= 0.3 is 0 Å². The van der Waals surface area contributed by atoms with Crippen molar-refractivity contribution >= 4 is 23.2 Å². The van der Waals surface area contributed by atoms with Crippen LogP contribution in [0.2, 0.25) is 0 Å². The van der Waals surface area contributed by atoms with Crippen LogP contribution in [0.15, 0.2) is 66.9 Å². The molecule has 0 unspecified atom stereocenters. The molecule has 174 valence electrons. The Bertz CT molecular complexity index is 1280. The topological polar surface area (TPSA) is 83.8 Å². The summed E-state index contributed by atoms with van der Waals surface area (Å²) in [5.74, 6) is 1.21. The Labute approximate surface area is 198 Å². The Kier molecular flexibility index (Phi) is 6.40. The zero-order valence-electron chi connectivity index (χ0n) is 19.2. The number of nitrogens with one attached hydrogen (secondary N) is 2. The molecule has 34 heavy (non-hydrogen) atoms. The second-order valence-electron chi connectivity index (χ2n) is 8.40. The van der Waals surface area contributed by atoms with E-state index in [1.165, 1.54) is 19.3 Å². The van der Waals surface area contributed by atoms with E-state index in [0.29, 0.717) is 18.2 Å². The van der Waals surface area contributed by atoms with E-state index in [-0.39, 0.29) is 5.91 Å². The van der Waals surface area contributed by atoms with E-state index in [0.717, 1.165) is 41.3 Å². The molecule has 0 bridgehead atoms. The molecule has 8 nitrogen and oxygen atoms in total. The number of rotatable bonds is 7. The van der Waals surface area contributed by atoms with Crippen molar-refractivity contribution < 1.29 is 9.53 Å². The van der Waals surface area contributed by atoms with E-state index >= 15 is 0 Å². The van der Waals surface area contributed by atoms with E-state index in [1.807, 2.05) is 66.9 Å². The summed E-state index contributed by atoms with van der Waals surface area (Å²) in [6.45, 7) is 2.70. The Morgan fingerprint density at radius 2 is 1.85 bits per heavy atom. The Hall–Kier alpha value is -3.91. The highest BCUT2D eigenvalue weighted by molar-refractivity contribution is 5.94. The number of hydrogen-bond donors (Lipinski definition) is 2. The summed E-state index contributed by atoms with van der Waals surface area (Å²) in [5.41, 5.74) is 4.15. The summed E-state index contributed by atoms with van der Waals surface area (Å²) < 4.78 is 7.11. The summed E-state index contributed by atoms with van der Waals surface area (Å²) in [4.78, 5) is 19.5. The highest BCUT2D eigenvalue weighted by Crippen LogP contribution is 2.27. The van der Waals surface area contributed by atoms with Crippen LogP contribution in [0.25, 0.3) is 16.8 Å². The Morgan fingerprint density at radius 1 is 1.03 bits per heavy atom. The molecule has 1 aliphatic heterocycles. The summed E-state index contributed by atoms with van der Waals surface area (Å²) in [5, 5.41) is 10.8. The molecular formula is C26H28N6O2. The molecule has 1 saturated heterocycles. The number of fused-ring (bicyclic) bond motifs is 1. The fraction of sp³-hybridized carbons (Fsp3) is 0.269. The zero-order valence-corrected chi connectivity index (χ0v) is 19.2. The lowest BCUT2D eigenvalue weighted by Gasteiger charge is -2.26. The molecule has 8 heteroatoms. The van der Waals surface area contributed by atoms with Crippen LogP contribution in [-0.4, -0.2) is 52.3 Å². The van der Waals surface area contributed by atoms with Crippen molar-refractivity contribution in [1.29, 1.82) is 0 Å². The van der Waals surface area contributed by atoms with Gasteiger partial charge in [-0.25, -0.2) is 4.52 Å². The van der Waals surface area contributed by atoms with Crippen LogP contribution in [0, 0.1) is 0 Å². The molecule has 1 fully saturated rings. The van der Waals surface area contributed by atoms with E-state index in [1.54, 1.807) is 11.6 Å². The average Bonchev–Trinajstić information content (AvgIpc) is 3.31. The van der Waals surface area contributed by atoms with Crippen LogP contribution >= 0.6 is 0 Å². The number of hydrogen-bond acceptors (Lipinski definition) is 6. The largest absolute Gasteiger partial charge is 0.497 e. The maximum atomic E-state index is 12.5. The minimum atomic E-state index is -0.0640. The van der Waals surface area contributed by atoms with Crippen LogP contribution < -0.4 is 15.4 Å². The average molecular weight is 457 g/mol. The van der Waals surface area contributed by atoms with Gasteiger partial charge < -0.3 is 15.4 Å². The number of likely N-dealkylation sites (tertiary alicyclic amines) is 1. The molecular weight excluding hydrogens is 428 g/mol. The SMILES string of the molecule is COc1cccc(-c2cccn3nc(Nc4ccc(C(=O)NCN5CCCCC5)cc4)nc23)c1. The maximum Gasteiger partial charge on any atom is 0.252 e. The number of nitrogens with zero attached hydrogens (tertiary/aromatic N) is 4. The smallest absolute Gasteiger partial charge is 0.252 e. The molecule has 2 aromatic carbocycles. The lowest BCUT2D eigenvalue weighted by Crippen LogP contribution is -2.40. The number of pyridine rings is 1. The van der Waals surface area contributed by atoms with Crippen molar-refractivity contribution in [3.63, 3.8) is 0 Å². The van der Waals surface area contributed by atoms with Crippen molar-refractivity contribution in [3.8, 4) is 16.9 Å². The predicted molar refractivity (Wildman–Crippen MR) is 132 cm³/mol. The van der Waals surface area contributed by atoms with Crippen LogP contribution in [0.4, 0.5) is 11.6 Å². The number of benzene rings is 2. The molecule has 1 aliphatic rings. The molecule has 1 amide bonds. The first kappa shape index (κ1) is 21.9. The molecule has 3 heterocycles. The van der Waals surface area contributed by atoms with Gasteiger partial charge in [0.25, 0.3) is 5.91 Å². The lowest BCUT2D eigenvalue weighted by atomic mass is 10.1. The van der Waals surface area contributed by atoms with Crippen LogP contribution in [0.5, 0.6) is 5.75 Å². The molecule has 4 aromatic rings. The third-order valence-corrected chi connectivity index (χ3v) is 6.06. The van der Waals surface area contributed by atoms with Gasteiger partial charge in [-0.1, -0.05) is 18.6 Å². The van der Waals surface area contributed by atoms with E-state index < -0.39 is 0 Å². The summed E-state index contributed by atoms with van der Waals surface area (Å²) in [6, 6.07) is 19.2. The van der Waals surface area contributed by atoms with Crippen molar-refractivity contribution in [2.45, 2.75) is 19.3 Å². The van der Waals surface area contributed by atoms with Gasteiger partial charge in [0.05, 0.1) is 13.8 Å². The number of piperidine rings is 1. The van der Waals surface area contributed by atoms with E-state index in [9.17, 15) is 4.79 Å². The molecule has 0 saturated carbocycles. The van der Waals surface area contributed by atoms with Crippen molar-refractivity contribution in [2.24, 2.45) is 0 Å². The minimum absolute atomic E-state index is 0.0640. The fourth-order valence-corrected chi connectivity index (χ4v) is 4.21. The number of carbonyl (C=O) groups is 1. The normalized spacial score (nSPS) is 14.1. The summed E-state index contributed by atoms with van der Waals surface area (Å²) >= 11 is 0. The van der Waals surface area contributed by atoms with Crippen molar-refractivity contribution in [3.05, 3.63) is 72.4 Å². The first-order chi connectivity index (χ1) is 16.7. The van der Waals surface area contributed by atoms with Gasteiger partial charge in [0.2, 0.25) is 5.95 Å². The number of methoxy groups -OCH3 is 1. The number of carbonyl (C=O) groups excluding carboxylic acids is 1. The van der Waals surface area contributed by atoms with Crippen LogP contribution in [0.3, 0.4) is 0 Å². The number of anilines is 2. The van der Waals surface area contributed by atoms with Gasteiger partial charge in [-0.15, -0.1) is 5.10 Å². The lowest BCUT2D eigenvalue weighted by molar-refractivity contribution is 0.0914. The first-order valence-corrected chi connectivity index (χ1v) is 11.6. The third kappa shape index (κ3) is 4.87. The van der Waals surface area contributed by atoms with Crippen molar-refractivity contribution in [2.75, 3.05) is 32.2 Å². The second kappa shape index (κ2) is 9.93. The fourth-order valence-electron chi connectivity index (χ4n) is 4.21. The molecule has 5 rings (SSSR count). The number of ether oxygens (including phenoxy) is 1. The molecule has 2 aromatic heterocycles. The van der Waals surface area contributed by atoms with Crippen molar-refractivity contribution in [1.82, 2.24) is 24.8 Å². The third-order valence-electron chi connectivity index (χ3n) is 6.06. The highest BCUT2D eigenvalue weighted by Gasteiger charge is 2.13. The molecule has 0 radical (unpaired) electrons. The summed E-state index contributed by atoms with van der Waals surface area (Å²) in [6.07, 6.45) is 5.55. The second-order valence-corrected chi connectivity index (χ2v) is 8.40. The molecule has 0 aliphatic carbocycles. The van der Waals surface area contributed by atoms with Gasteiger partial charge in [-0.05, 0) is 80.0 Å². The Balaban J connectivity index is 1.28. The van der Waals surface area contributed by atoms with E-state index in [4.69, 9.17) is 9.72 Å². The Morgan fingerprint density at radius 3 is 2.65 bits per heavy atom. The van der Waals surface area contributed by atoms with Gasteiger partial charge in [0.15, 0.2) is 5.65 Å². The van der Waals surface area contributed by atoms with Gasteiger partial charge in [-0.3, -0.25) is 9.69 Å². The van der Waals surface area contributed by atoms with Crippen LogP contribution in [0.1, 0.15) is 29.6 Å². The van der Waals surface area contributed by atoms with Crippen LogP contribution in [-0.2, 0) is 0 Å². The van der Waals surface area contributed by atoms with Gasteiger partial charge in [0, 0.05) is 23.0 Å². The van der Waals surface area contributed by atoms with Gasteiger partial charge in [0.1, 0.15) is 5.75 Å². The molecule has 0 atom stereocenters.